The average Bonchev–Trinajstić information content (AvgIpc) is 3.37. The second kappa shape index (κ2) is 10.4. The lowest BCUT2D eigenvalue weighted by Gasteiger charge is -2.36. The molecular weight excluding hydrogens is 502 g/mol. The summed E-state index contributed by atoms with van der Waals surface area (Å²) in [6.45, 7) is 2.15. The van der Waals surface area contributed by atoms with E-state index in [1.165, 1.54) is 29.6 Å². The molecule has 2 fully saturated rings. The molecule has 2 heterocycles. The molecule has 9 nitrogen and oxygen atoms in total. The molecule has 1 atom stereocenters. The molecule has 34 heavy (non-hydrogen) atoms. The summed E-state index contributed by atoms with van der Waals surface area (Å²) in [6, 6.07) is 10.8. The highest BCUT2D eigenvalue weighted by Crippen LogP contribution is 2.32. The zero-order valence-corrected chi connectivity index (χ0v) is 21.2. The molecule has 4 rings (SSSR count). The van der Waals surface area contributed by atoms with E-state index < -0.39 is 20.0 Å². The van der Waals surface area contributed by atoms with E-state index in [2.05, 4.69) is 4.72 Å². The summed E-state index contributed by atoms with van der Waals surface area (Å²) in [5, 5.41) is 0.468. The summed E-state index contributed by atoms with van der Waals surface area (Å²) < 4.78 is 66.7. The van der Waals surface area contributed by atoms with Crippen molar-refractivity contribution in [2.75, 3.05) is 51.3 Å². The van der Waals surface area contributed by atoms with E-state index in [1.807, 2.05) is 4.90 Å². The van der Waals surface area contributed by atoms with Gasteiger partial charge >= 0.3 is 0 Å². The topological polar surface area (TPSA) is 105 Å². The van der Waals surface area contributed by atoms with Crippen molar-refractivity contribution < 1.29 is 26.3 Å². The molecule has 186 valence electrons. The highest BCUT2D eigenvalue weighted by molar-refractivity contribution is 7.89. The van der Waals surface area contributed by atoms with E-state index in [9.17, 15) is 16.8 Å². The van der Waals surface area contributed by atoms with Gasteiger partial charge in [0.1, 0.15) is 5.75 Å². The maximum absolute atomic E-state index is 13.0. The maximum Gasteiger partial charge on any atom is 0.243 e. The van der Waals surface area contributed by atoms with Crippen LogP contribution in [0, 0.1) is 0 Å². The molecule has 1 N–H and O–H groups in total. The number of sulfonamides is 2. The van der Waals surface area contributed by atoms with E-state index in [-0.39, 0.29) is 35.5 Å². The summed E-state index contributed by atoms with van der Waals surface area (Å²) in [4.78, 5) is 2.25. The van der Waals surface area contributed by atoms with Gasteiger partial charge in [-0.3, -0.25) is 0 Å². The van der Waals surface area contributed by atoms with Gasteiger partial charge in [-0.1, -0.05) is 11.6 Å². The number of hydrogen-bond acceptors (Lipinski definition) is 7. The minimum atomic E-state index is -3.74. The van der Waals surface area contributed by atoms with Crippen LogP contribution in [0.2, 0.25) is 5.02 Å². The lowest BCUT2D eigenvalue weighted by molar-refractivity contribution is 0.114. The largest absolute Gasteiger partial charge is 0.495 e. The number of halogens is 1. The molecule has 0 unspecified atom stereocenters. The number of nitrogens with zero attached hydrogens (tertiary/aromatic N) is 2. The molecule has 0 saturated carbocycles. The fraction of sp³-hybridized carbons (Fsp3) is 0.455. The molecule has 0 amide bonds. The van der Waals surface area contributed by atoms with Crippen LogP contribution in [0.3, 0.4) is 0 Å². The van der Waals surface area contributed by atoms with Crippen molar-refractivity contribution >= 4 is 37.3 Å². The third kappa shape index (κ3) is 5.50. The Morgan fingerprint density at radius 3 is 2.32 bits per heavy atom. The number of methoxy groups -OCH3 is 1. The Kier molecular flexibility index (Phi) is 7.70. The smallest absolute Gasteiger partial charge is 0.243 e. The molecule has 12 heteroatoms. The van der Waals surface area contributed by atoms with Gasteiger partial charge in [-0.25, -0.2) is 21.6 Å². The Morgan fingerprint density at radius 1 is 1.03 bits per heavy atom. The van der Waals surface area contributed by atoms with E-state index in [0.29, 0.717) is 36.2 Å². The predicted octanol–water partition coefficient (Wildman–Crippen LogP) is 2.32. The van der Waals surface area contributed by atoms with Gasteiger partial charge in [0.2, 0.25) is 20.0 Å². The number of ether oxygens (including phenoxy) is 2. The molecule has 2 aromatic rings. The number of anilines is 1. The summed E-state index contributed by atoms with van der Waals surface area (Å²) in [6.07, 6.45) is 1.65. The van der Waals surface area contributed by atoms with E-state index in [1.54, 1.807) is 24.3 Å². The van der Waals surface area contributed by atoms with Gasteiger partial charge in [-0.05, 0) is 55.3 Å². The predicted molar refractivity (Wildman–Crippen MR) is 130 cm³/mol. The van der Waals surface area contributed by atoms with Crippen LogP contribution < -0.4 is 14.4 Å². The standard InChI is InChI=1S/C22H28ClN3O6S2/c1-31-22-9-8-20(33(27,28)24-16-18-3-2-14-32-18)15-21(22)25-10-12-26(13-11-25)34(29,30)19-6-4-17(23)5-7-19/h4-9,15,18,24H,2-3,10-14,16H2,1H3/t18-/m1/s1. The zero-order valence-electron chi connectivity index (χ0n) is 18.8. The van der Waals surface area contributed by atoms with Gasteiger partial charge in [-0.2, -0.15) is 4.31 Å². The number of rotatable bonds is 8. The quantitative estimate of drug-likeness (QED) is 0.559. The molecule has 2 aliphatic rings. The molecule has 0 aliphatic carbocycles. The monoisotopic (exact) mass is 529 g/mol. The van der Waals surface area contributed by atoms with Crippen LogP contribution in [0.25, 0.3) is 0 Å². The van der Waals surface area contributed by atoms with Gasteiger partial charge in [0.05, 0.1) is 28.7 Å². The van der Waals surface area contributed by atoms with Crippen molar-refractivity contribution in [3.05, 3.63) is 47.5 Å². The molecule has 0 bridgehead atoms. The Hall–Kier alpha value is -1.89. The minimum Gasteiger partial charge on any atom is -0.495 e. The van der Waals surface area contributed by atoms with Crippen LogP contribution in [0.15, 0.2) is 52.3 Å². The third-order valence-corrected chi connectivity index (χ3v) is 9.60. The Morgan fingerprint density at radius 2 is 1.71 bits per heavy atom. The Labute approximate surface area is 205 Å². The van der Waals surface area contributed by atoms with Crippen molar-refractivity contribution in [3.8, 4) is 5.75 Å². The number of nitrogens with one attached hydrogen (secondary N) is 1. The summed E-state index contributed by atoms with van der Waals surface area (Å²) in [7, 11) is -5.87. The lowest BCUT2D eigenvalue weighted by atomic mass is 10.2. The summed E-state index contributed by atoms with van der Waals surface area (Å²) in [5.74, 6) is 0.520. The van der Waals surface area contributed by atoms with Crippen LogP contribution >= 0.6 is 11.6 Å². The van der Waals surface area contributed by atoms with Crippen molar-refractivity contribution in [2.45, 2.75) is 28.7 Å². The van der Waals surface area contributed by atoms with Gasteiger partial charge in [0.25, 0.3) is 0 Å². The van der Waals surface area contributed by atoms with E-state index >= 15 is 0 Å². The van der Waals surface area contributed by atoms with Gasteiger partial charge < -0.3 is 14.4 Å². The highest BCUT2D eigenvalue weighted by atomic mass is 35.5. The first-order valence-corrected chi connectivity index (χ1v) is 14.3. The van der Waals surface area contributed by atoms with Crippen molar-refractivity contribution in [1.29, 1.82) is 0 Å². The van der Waals surface area contributed by atoms with Gasteiger partial charge in [-0.15, -0.1) is 0 Å². The third-order valence-electron chi connectivity index (χ3n) is 6.02. The second-order valence-corrected chi connectivity index (χ2v) is 12.3. The second-order valence-electron chi connectivity index (χ2n) is 8.17. The molecule has 0 aromatic heterocycles. The molecule has 2 aliphatic heterocycles. The van der Waals surface area contributed by atoms with Crippen LogP contribution in [0.4, 0.5) is 5.69 Å². The Balaban J connectivity index is 1.48. The normalized spacial score (nSPS) is 19.9. The highest BCUT2D eigenvalue weighted by Gasteiger charge is 2.30. The van der Waals surface area contributed by atoms with Crippen molar-refractivity contribution in [1.82, 2.24) is 9.03 Å². The lowest BCUT2D eigenvalue weighted by Crippen LogP contribution is -2.48. The fourth-order valence-electron chi connectivity index (χ4n) is 4.10. The van der Waals surface area contributed by atoms with Crippen LogP contribution in [0.1, 0.15) is 12.8 Å². The number of piperazine rings is 1. The molecular formula is C22H28ClN3O6S2. The van der Waals surface area contributed by atoms with Crippen molar-refractivity contribution in [3.63, 3.8) is 0 Å². The number of hydrogen-bond donors (Lipinski definition) is 1. The zero-order chi connectivity index (χ0) is 24.3. The first-order chi connectivity index (χ1) is 16.2. The fourth-order valence-corrected chi connectivity index (χ4v) is 6.73. The average molecular weight is 530 g/mol. The maximum atomic E-state index is 13.0. The summed E-state index contributed by atoms with van der Waals surface area (Å²) >= 11 is 5.88. The van der Waals surface area contributed by atoms with E-state index in [4.69, 9.17) is 21.1 Å². The minimum absolute atomic E-state index is 0.108. The molecule has 0 radical (unpaired) electrons. The van der Waals surface area contributed by atoms with Gasteiger partial charge in [0.15, 0.2) is 0 Å². The molecule has 0 spiro atoms. The van der Waals surface area contributed by atoms with Gasteiger partial charge in [0, 0.05) is 44.4 Å². The SMILES string of the molecule is COc1ccc(S(=O)(=O)NC[C@H]2CCCO2)cc1N1CCN(S(=O)(=O)c2ccc(Cl)cc2)CC1. The van der Waals surface area contributed by atoms with Crippen LogP contribution in [-0.4, -0.2) is 73.7 Å². The first kappa shape index (κ1) is 25.2. The van der Waals surface area contributed by atoms with Crippen molar-refractivity contribution in [2.24, 2.45) is 0 Å². The first-order valence-electron chi connectivity index (χ1n) is 11.0. The van der Waals surface area contributed by atoms with Crippen LogP contribution in [-0.2, 0) is 24.8 Å². The summed E-state index contributed by atoms with van der Waals surface area (Å²) in [5.41, 5.74) is 0.603. The van der Waals surface area contributed by atoms with E-state index in [0.717, 1.165) is 12.8 Å². The number of benzene rings is 2. The molecule has 2 aromatic carbocycles. The molecule has 2 saturated heterocycles. The Bertz CT molecular complexity index is 1210. The van der Waals surface area contributed by atoms with Crippen LogP contribution in [0.5, 0.6) is 5.75 Å².